The highest BCUT2D eigenvalue weighted by molar-refractivity contribution is 8.00. The second-order valence-corrected chi connectivity index (χ2v) is 8.70. The molecular weight excluding hydrogens is 439 g/mol. The number of hydrogen-bond donors (Lipinski definition) is 1. The summed E-state index contributed by atoms with van der Waals surface area (Å²) in [5, 5.41) is 12.0. The average Bonchev–Trinajstić information content (AvgIpc) is 2.81. The molecule has 0 fully saturated rings. The molecule has 0 bridgehead atoms. The van der Waals surface area contributed by atoms with Gasteiger partial charge in [0.2, 0.25) is 5.91 Å². The van der Waals surface area contributed by atoms with Crippen molar-refractivity contribution in [2.24, 2.45) is 0 Å². The van der Waals surface area contributed by atoms with Crippen LogP contribution < -0.4 is 10.9 Å². The van der Waals surface area contributed by atoms with Gasteiger partial charge in [0.25, 0.3) is 5.56 Å². The topological polar surface area (TPSA) is 87.8 Å². The Kier molecular flexibility index (Phi) is 6.24. The standard InChI is InChI=1S/C25H19FN4O2S/c1-15-11-12-18(13-20(15)26)30-24(32)19-8-4-6-10-22(19)29-25(30)33-16(2)23(31)28-21-9-5-3-7-17(21)14-27/h3-13,16H,1-2H3,(H,28,31). The van der Waals surface area contributed by atoms with Gasteiger partial charge in [-0.15, -0.1) is 0 Å². The number of nitriles is 1. The Morgan fingerprint density at radius 3 is 2.64 bits per heavy atom. The van der Waals surface area contributed by atoms with Crippen LogP contribution in [0.4, 0.5) is 10.1 Å². The third-order valence-corrected chi connectivity index (χ3v) is 6.17. The molecule has 0 radical (unpaired) electrons. The van der Waals surface area contributed by atoms with Gasteiger partial charge < -0.3 is 5.32 Å². The maximum atomic E-state index is 14.3. The summed E-state index contributed by atoms with van der Waals surface area (Å²) in [6.45, 7) is 3.32. The van der Waals surface area contributed by atoms with Crippen molar-refractivity contribution in [2.45, 2.75) is 24.3 Å². The van der Waals surface area contributed by atoms with E-state index in [4.69, 9.17) is 0 Å². The van der Waals surface area contributed by atoms with E-state index in [1.807, 2.05) is 6.07 Å². The Bertz CT molecular complexity index is 1480. The minimum absolute atomic E-state index is 0.262. The highest BCUT2D eigenvalue weighted by Crippen LogP contribution is 2.27. The molecule has 0 saturated heterocycles. The SMILES string of the molecule is Cc1ccc(-n2c(SC(C)C(=O)Nc3ccccc3C#N)nc3ccccc3c2=O)cc1F. The first-order chi connectivity index (χ1) is 15.9. The smallest absolute Gasteiger partial charge is 0.266 e. The molecule has 0 spiro atoms. The molecule has 1 amide bonds. The van der Waals surface area contributed by atoms with Gasteiger partial charge in [-0.1, -0.05) is 42.1 Å². The van der Waals surface area contributed by atoms with Crippen LogP contribution in [0.25, 0.3) is 16.6 Å². The molecule has 33 heavy (non-hydrogen) atoms. The van der Waals surface area contributed by atoms with Gasteiger partial charge in [-0.25, -0.2) is 9.37 Å². The molecule has 4 rings (SSSR count). The number of thioether (sulfide) groups is 1. The first-order valence-electron chi connectivity index (χ1n) is 10.1. The van der Waals surface area contributed by atoms with Gasteiger partial charge in [-0.05, 0) is 55.8 Å². The lowest BCUT2D eigenvalue weighted by Gasteiger charge is -2.17. The summed E-state index contributed by atoms with van der Waals surface area (Å²) in [5.41, 5.74) is 1.66. The fourth-order valence-corrected chi connectivity index (χ4v) is 4.20. The molecule has 0 saturated carbocycles. The molecule has 4 aromatic rings. The number of aromatic nitrogens is 2. The molecule has 3 aromatic carbocycles. The van der Waals surface area contributed by atoms with Gasteiger partial charge in [0.1, 0.15) is 11.9 Å². The number of halogens is 1. The molecule has 1 N–H and O–H groups in total. The lowest BCUT2D eigenvalue weighted by atomic mass is 10.2. The molecule has 6 nitrogen and oxygen atoms in total. The third kappa shape index (κ3) is 4.49. The molecule has 8 heteroatoms. The Labute approximate surface area is 193 Å². The number of rotatable bonds is 5. The van der Waals surface area contributed by atoms with Crippen LogP contribution in [-0.4, -0.2) is 20.7 Å². The first kappa shape index (κ1) is 22.2. The number of para-hydroxylation sites is 2. The molecule has 0 aliphatic rings. The highest BCUT2D eigenvalue weighted by atomic mass is 32.2. The summed E-state index contributed by atoms with van der Waals surface area (Å²) in [7, 11) is 0. The Balaban J connectivity index is 1.75. The molecule has 0 aliphatic carbocycles. The summed E-state index contributed by atoms with van der Waals surface area (Å²) in [6.07, 6.45) is 0. The fourth-order valence-electron chi connectivity index (χ4n) is 3.28. The van der Waals surface area contributed by atoms with Crippen LogP contribution >= 0.6 is 11.8 Å². The zero-order valence-corrected chi connectivity index (χ0v) is 18.7. The van der Waals surface area contributed by atoms with E-state index < -0.39 is 11.1 Å². The van der Waals surface area contributed by atoms with E-state index in [9.17, 15) is 19.2 Å². The van der Waals surface area contributed by atoms with Crippen LogP contribution in [0.15, 0.2) is 76.7 Å². The van der Waals surface area contributed by atoms with Crippen LogP contribution in [0, 0.1) is 24.1 Å². The van der Waals surface area contributed by atoms with Crippen LogP contribution in [0.5, 0.6) is 0 Å². The van der Waals surface area contributed by atoms with Crippen molar-refractivity contribution in [1.82, 2.24) is 9.55 Å². The summed E-state index contributed by atoms with van der Waals surface area (Å²) < 4.78 is 15.6. The first-order valence-corrected chi connectivity index (χ1v) is 11.0. The molecule has 164 valence electrons. The van der Waals surface area contributed by atoms with Gasteiger partial charge in [0, 0.05) is 0 Å². The van der Waals surface area contributed by atoms with Gasteiger partial charge in [-0.3, -0.25) is 14.2 Å². The number of hydrogen-bond acceptors (Lipinski definition) is 5. The third-order valence-electron chi connectivity index (χ3n) is 5.12. The minimum Gasteiger partial charge on any atom is -0.324 e. The van der Waals surface area contributed by atoms with Crippen LogP contribution in [-0.2, 0) is 4.79 Å². The van der Waals surface area contributed by atoms with E-state index >= 15 is 0 Å². The number of carbonyl (C=O) groups excluding carboxylic acids is 1. The highest BCUT2D eigenvalue weighted by Gasteiger charge is 2.21. The number of benzene rings is 3. The van der Waals surface area contributed by atoms with Crippen LogP contribution in [0.1, 0.15) is 18.1 Å². The zero-order chi connectivity index (χ0) is 23.5. The minimum atomic E-state index is -0.661. The number of nitrogens with zero attached hydrogens (tertiary/aromatic N) is 3. The van der Waals surface area contributed by atoms with E-state index in [0.29, 0.717) is 33.4 Å². The van der Waals surface area contributed by atoms with Gasteiger partial charge in [0.05, 0.1) is 33.1 Å². The monoisotopic (exact) mass is 458 g/mol. The molecule has 1 heterocycles. The van der Waals surface area contributed by atoms with Crippen molar-refractivity contribution >= 4 is 34.3 Å². The van der Waals surface area contributed by atoms with Crippen molar-refractivity contribution in [3.05, 3.63) is 94.0 Å². The summed E-state index contributed by atoms with van der Waals surface area (Å²) in [6, 6.07) is 20.2. The molecule has 1 aromatic heterocycles. The van der Waals surface area contributed by atoms with Gasteiger partial charge in [0.15, 0.2) is 5.16 Å². The molecular formula is C25H19FN4O2S. The number of carbonyl (C=O) groups is 1. The fraction of sp³-hybridized carbons (Fsp3) is 0.120. The second kappa shape index (κ2) is 9.27. The van der Waals surface area contributed by atoms with Crippen molar-refractivity contribution in [2.75, 3.05) is 5.32 Å². The Hall–Kier alpha value is -3.96. The van der Waals surface area contributed by atoms with Gasteiger partial charge in [-0.2, -0.15) is 5.26 Å². The van der Waals surface area contributed by atoms with Crippen molar-refractivity contribution in [3.63, 3.8) is 0 Å². The largest absolute Gasteiger partial charge is 0.324 e. The van der Waals surface area contributed by atoms with Crippen LogP contribution in [0.3, 0.4) is 0 Å². The second-order valence-electron chi connectivity index (χ2n) is 7.39. The molecule has 0 aliphatic heterocycles. The van der Waals surface area contributed by atoms with Crippen LogP contribution in [0.2, 0.25) is 0 Å². The van der Waals surface area contributed by atoms with E-state index in [0.717, 1.165) is 11.8 Å². The lowest BCUT2D eigenvalue weighted by molar-refractivity contribution is -0.115. The number of nitrogens with one attached hydrogen (secondary N) is 1. The summed E-state index contributed by atoms with van der Waals surface area (Å²) >= 11 is 1.08. The van der Waals surface area contributed by atoms with Crippen molar-refractivity contribution in [3.8, 4) is 11.8 Å². The van der Waals surface area contributed by atoms with Crippen molar-refractivity contribution < 1.29 is 9.18 Å². The van der Waals surface area contributed by atoms with E-state index in [1.54, 1.807) is 74.5 Å². The number of anilines is 1. The Morgan fingerprint density at radius 1 is 1.15 bits per heavy atom. The average molecular weight is 459 g/mol. The van der Waals surface area contributed by atoms with E-state index in [2.05, 4.69) is 10.3 Å². The Morgan fingerprint density at radius 2 is 1.88 bits per heavy atom. The predicted octanol–water partition coefficient (Wildman–Crippen LogP) is 4.82. The number of aryl methyl sites for hydroxylation is 1. The number of amides is 1. The molecule has 1 unspecified atom stereocenters. The normalized spacial score (nSPS) is 11.7. The summed E-state index contributed by atoms with van der Waals surface area (Å²) in [4.78, 5) is 30.8. The number of fused-ring (bicyclic) bond motifs is 1. The van der Waals surface area contributed by atoms with Gasteiger partial charge >= 0.3 is 0 Å². The molecule has 1 atom stereocenters. The lowest BCUT2D eigenvalue weighted by Crippen LogP contribution is -2.26. The summed E-state index contributed by atoms with van der Waals surface area (Å²) in [5.74, 6) is -0.797. The quantitative estimate of drug-likeness (QED) is 0.342. The zero-order valence-electron chi connectivity index (χ0n) is 17.9. The maximum Gasteiger partial charge on any atom is 0.266 e. The predicted molar refractivity (Wildman–Crippen MR) is 127 cm³/mol. The maximum absolute atomic E-state index is 14.3. The van der Waals surface area contributed by atoms with E-state index in [1.165, 1.54) is 10.6 Å². The van der Waals surface area contributed by atoms with Crippen molar-refractivity contribution in [1.29, 1.82) is 5.26 Å². The van der Waals surface area contributed by atoms with E-state index in [-0.39, 0.29) is 16.6 Å².